The van der Waals surface area contributed by atoms with E-state index in [1.807, 2.05) is 24.3 Å². The molecule has 1 atom stereocenters. The summed E-state index contributed by atoms with van der Waals surface area (Å²) in [5.74, 6) is 1.83. The van der Waals surface area contributed by atoms with Crippen molar-refractivity contribution in [1.29, 1.82) is 0 Å². The first-order valence-electron chi connectivity index (χ1n) is 7.73. The smallest absolute Gasteiger partial charge is 0.140 e. The highest BCUT2D eigenvalue weighted by Gasteiger charge is 2.33. The van der Waals surface area contributed by atoms with E-state index in [0.717, 1.165) is 30.0 Å². The molecule has 0 radical (unpaired) electrons. The second kappa shape index (κ2) is 5.56. The van der Waals surface area contributed by atoms with Gasteiger partial charge in [-0.15, -0.1) is 0 Å². The maximum Gasteiger partial charge on any atom is 0.140 e. The second-order valence-electron chi connectivity index (χ2n) is 6.47. The number of nitrogen functional groups attached to an aromatic ring is 1. The van der Waals surface area contributed by atoms with E-state index in [1.165, 1.54) is 16.7 Å². The number of anilines is 1. The van der Waals surface area contributed by atoms with Crippen molar-refractivity contribution in [2.24, 2.45) is 0 Å². The van der Waals surface area contributed by atoms with Crippen LogP contribution in [-0.4, -0.2) is 12.2 Å². The lowest BCUT2D eigenvalue weighted by Crippen LogP contribution is -2.42. The molecule has 2 N–H and O–H groups in total. The highest BCUT2D eigenvalue weighted by Crippen LogP contribution is 2.36. The Kier molecular flexibility index (Phi) is 3.73. The van der Waals surface area contributed by atoms with Crippen LogP contribution >= 0.6 is 0 Å². The third-order valence-electron chi connectivity index (χ3n) is 4.26. The summed E-state index contributed by atoms with van der Waals surface area (Å²) in [7, 11) is 0. The van der Waals surface area contributed by atoms with Gasteiger partial charge in [-0.25, -0.2) is 0 Å². The van der Waals surface area contributed by atoms with Crippen molar-refractivity contribution in [3.05, 3.63) is 53.1 Å². The quantitative estimate of drug-likeness (QED) is 0.869. The van der Waals surface area contributed by atoms with Crippen LogP contribution in [0.1, 0.15) is 30.0 Å². The van der Waals surface area contributed by atoms with Gasteiger partial charge in [0, 0.05) is 5.69 Å². The van der Waals surface area contributed by atoms with Crippen LogP contribution < -0.4 is 15.2 Å². The van der Waals surface area contributed by atoms with Gasteiger partial charge in [-0.1, -0.05) is 6.07 Å². The SMILES string of the molecule is Cc1cc(C)c2c(c1)OC(C)(COc1ccc(N)cc1)CC2. The first kappa shape index (κ1) is 14.8. The van der Waals surface area contributed by atoms with Crippen molar-refractivity contribution in [3.63, 3.8) is 0 Å². The van der Waals surface area contributed by atoms with Crippen LogP contribution in [0.25, 0.3) is 0 Å². The molecule has 0 spiro atoms. The monoisotopic (exact) mass is 297 g/mol. The molecule has 0 saturated heterocycles. The lowest BCUT2D eigenvalue weighted by Gasteiger charge is -2.36. The maximum absolute atomic E-state index is 6.28. The first-order valence-corrected chi connectivity index (χ1v) is 7.73. The molecule has 116 valence electrons. The molecule has 0 amide bonds. The van der Waals surface area contributed by atoms with E-state index in [1.54, 1.807) is 0 Å². The number of hydrogen-bond donors (Lipinski definition) is 1. The molecule has 0 fully saturated rings. The van der Waals surface area contributed by atoms with Crippen molar-refractivity contribution >= 4 is 5.69 Å². The van der Waals surface area contributed by atoms with Gasteiger partial charge in [-0.3, -0.25) is 0 Å². The van der Waals surface area contributed by atoms with E-state index < -0.39 is 0 Å². The summed E-state index contributed by atoms with van der Waals surface area (Å²) < 4.78 is 12.2. The van der Waals surface area contributed by atoms with Crippen molar-refractivity contribution in [1.82, 2.24) is 0 Å². The highest BCUT2D eigenvalue weighted by molar-refractivity contribution is 5.45. The molecular formula is C19H23NO2. The van der Waals surface area contributed by atoms with Gasteiger partial charge in [0.15, 0.2) is 0 Å². The molecule has 1 aliphatic heterocycles. The molecule has 0 aromatic heterocycles. The van der Waals surface area contributed by atoms with Gasteiger partial charge >= 0.3 is 0 Å². The average Bonchev–Trinajstić information content (AvgIpc) is 2.46. The maximum atomic E-state index is 6.28. The first-order chi connectivity index (χ1) is 10.5. The molecule has 1 heterocycles. The third-order valence-corrected chi connectivity index (χ3v) is 4.26. The highest BCUT2D eigenvalue weighted by atomic mass is 16.5. The number of nitrogens with two attached hydrogens (primary N) is 1. The number of rotatable bonds is 3. The predicted octanol–water partition coefficient (Wildman–Crippen LogP) is 4.05. The predicted molar refractivity (Wildman–Crippen MR) is 89.6 cm³/mol. The molecule has 0 aliphatic carbocycles. The Hall–Kier alpha value is -2.16. The summed E-state index contributed by atoms with van der Waals surface area (Å²) in [6, 6.07) is 11.8. The van der Waals surface area contributed by atoms with E-state index in [2.05, 4.69) is 32.9 Å². The largest absolute Gasteiger partial charge is 0.489 e. The van der Waals surface area contributed by atoms with E-state index in [4.69, 9.17) is 15.2 Å². The molecule has 1 aliphatic rings. The van der Waals surface area contributed by atoms with Gasteiger partial charge in [0.1, 0.15) is 23.7 Å². The molecule has 0 saturated carbocycles. The molecule has 1 unspecified atom stereocenters. The number of benzene rings is 2. The fourth-order valence-electron chi connectivity index (χ4n) is 2.98. The van der Waals surface area contributed by atoms with Gasteiger partial charge in [-0.05, 0) is 80.6 Å². The van der Waals surface area contributed by atoms with Gasteiger partial charge in [0.2, 0.25) is 0 Å². The van der Waals surface area contributed by atoms with Gasteiger partial charge in [0.25, 0.3) is 0 Å². The van der Waals surface area contributed by atoms with E-state index >= 15 is 0 Å². The molecule has 3 heteroatoms. The standard InChI is InChI=1S/C19H23NO2/c1-13-10-14(2)17-8-9-19(3,22-18(17)11-13)12-21-16-6-4-15(20)5-7-16/h4-7,10-11H,8-9,12,20H2,1-3H3. The summed E-state index contributed by atoms with van der Waals surface area (Å²) >= 11 is 0. The molecule has 3 nitrogen and oxygen atoms in total. The van der Waals surface area contributed by atoms with Gasteiger partial charge < -0.3 is 15.2 Å². The molecule has 2 aromatic rings. The summed E-state index contributed by atoms with van der Waals surface area (Å²) in [4.78, 5) is 0. The molecular weight excluding hydrogens is 274 g/mol. The molecule has 0 bridgehead atoms. The number of hydrogen-bond acceptors (Lipinski definition) is 3. The van der Waals surface area contributed by atoms with Crippen molar-refractivity contribution in [3.8, 4) is 11.5 Å². The lowest BCUT2D eigenvalue weighted by molar-refractivity contribution is 0.0174. The van der Waals surface area contributed by atoms with E-state index in [-0.39, 0.29) is 5.60 Å². The van der Waals surface area contributed by atoms with Gasteiger partial charge in [0.05, 0.1) is 0 Å². The Morgan fingerprint density at radius 2 is 1.91 bits per heavy atom. The normalized spacial score (nSPS) is 20.1. The summed E-state index contributed by atoms with van der Waals surface area (Å²) in [5.41, 5.74) is 10.0. The van der Waals surface area contributed by atoms with Gasteiger partial charge in [-0.2, -0.15) is 0 Å². The lowest BCUT2D eigenvalue weighted by atomic mass is 9.90. The van der Waals surface area contributed by atoms with Crippen LogP contribution in [0.4, 0.5) is 5.69 Å². The Bertz CT molecular complexity index is 679. The Balaban J connectivity index is 1.73. The van der Waals surface area contributed by atoms with Crippen LogP contribution in [0.2, 0.25) is 0 Å². The van der Waals surface area contributed by atoms with Crippen LogP contribution in [-0.2, 0) is 6.42 Å². The van der Waals surface area contributed by atoms with Crippen LogP contribution in [0, 0.1) is 13.8 Å². The summed E-state index contributed by atoms with van der Waals surface area (Å²) in [6.07, 6.45) is 1.99. The summed E-state index contributed by atoms with van der Waals surface area (Å²) in [6.45, 7) is 6.91. The molecule has 2 aromatic carbocycles. The topological polar surface area (TPSA) is 44.5 Å². The van der Waals surface area contributed by atoms with E-state index in [9.17, 15) is 0 Å². The minimum Gasteiger partial charge on any atom is -0.489 e. The Morgan fingerprint density at radius 3 is 2.64 bits per heavy atom. The Labute approximate surface area is 132 Å². The molecule has 3 rings (SSSR count). The van der Waals surface area contributed by atoms with E-state index in [0.29, 0.717) is 6.61 Å². The fraction of sp³-hybridized carbons (Fsp3) is 0.368. The minimum atomic E-state index is -0.297. The van der Waals surface area contributed by atoms with Crippen molar-refractivity contribution in [2.75, 3.05) is 12.3 Å². The van der Waals surface area contributed by atoms with Crippen molar-refractivity contribution < 1.29 is 9.47 Å². The summed E-state index contributed by atoms with van der Waals surface area (Å²) in [5, 5.41) is 0. The number of aryl methyl sites for hydroxylation is 2. The number of fused-ring (bicyclic) bond motifs is 1. The Morgan fingerprint density at radius 1 is 1.18 bits per heavy atom. The minimum absolute atomic E-state index is 0.297. The second-order valence-corrected chi connectivity index (χ2v) is 6.47. The van der Waals surface area contributed by atoms with Crippen LogP contribution in [0.15, 0.2) is 36.4 Å². The molecule has 22 heavy (non-hydrogen) atoms. The van der Waals surface area contributed by atoms with Crippen molar-refractivity contribution in [2.45, 2.75) is 39.2 Å². The van der Waals surface area contributed by atoms with Crippen LogP contribution in [0.3, 0.4) is 0 Å². The average molecular weight is 297 g/mol. The number of ether oxygens (including phenoxy) is 2. The zero-order valence-corrected chi connectivity index (χ0v) is 13.5. The fourth-order valence-corrected chi connectivity index (χ4v) is 2.98. The van der Waals surface area contributed by atoms with Crippen LogP contribution in [0.5, 0.6) is 11.5 Å². The third kappa shape index (κ3) is 3.03. The zero-order chi connectivity index (χ0) is 15.7. The zero-order valence-electron chi connectivity index (χ0n) is 13.5.